The Morgan fingerprint density at radius 2 is 2.06 bits per heavy atom. The summed E-state index contributed by atoms with van der Waals surface area (Å²) in [5, 5.41) is 9.06. The summed E-state index contributed by atoms with van der Waals surface area (Å²) in [6, 6.07) is 6.36. The maximum Gasteiger partial charge on any atom is 0.123 e. The zero-order valence-corrected chi connectivity index (χ0v) is 9.69. The lowest BCUT2D eigenvalue weighted by molar-refractivity contribution is 0.0758. The lowest BCUT2D eigenvalue weighted by atomic mass is 10.1. The van der Waals surface area contributed by atoms with Crippen molar-refractivity contribution in [3.05, 3.63) is 35.6 Å². The number of rotatable bonds is 1. The monoisotopic (exact) mass is 234 g/mol. The van der Waals surface area contributed by atoms with Crippen LogP contribution < -0.4 is 0 Å². The zero-order chi connectivity index (χ0) is 12.3. The third kappa shape index (κ3) is 3.29. The highest BCUT2D eigenvalue weighted by molar-refractivity contribution is 5.21. The van der Waals surface area contributed by atoms with E-state index < -0.39 is 6.10 Å². The zero-order valence-electron chi connectivity index (χ0n) is 9.69. The van der Waals surface area contributed by atoms with Crippen LogP contribution in [-0.2, 0) is 4.74 Å². The molecule has 1 fully saturated rings. The quantitative estimate of drug-likeness (QED) is 0.756. The minimum absolute atomic E-state index is 0.0103. The van der Waals surface area contributed by atoms with Crippen molar-refractivity contribution < 1.29 is 14.2 Å². The predicted molar refractivity (Wildman–Crippen MR) is 62.7 cm³/mol. The van der Waals surface area contributed by atoms with Gasteiger partial charge in [0.1, 0.15) is 18.0 Å². The number of halogens is 1. The Balaban J connectivity index is 1.99. The van der Waals surface area contributed by atoms with Crippen molar-refractivity contribution in [2.45, 2.75) is 38.1 Å². The summed E-state index contributed by atoms with van der Waals surface area (Å²) in [5.41, 5.74) is 0.979. The Labute approximate surface area is 100 Å². The molecule has 3 atom stereocenters. The first-order chi connectivity index (χ1) is 8.15. The van der Waals surface area contributed by atoms with Gasteiger partial charge in [-0.25, -0.2) is 4.39 Å². The first kappa shape index (κ1) is 12.1. The first-order valence-electron chi connectivity index (χ1n) is 5.75. The molecular formula is C14H15FO2. The van der Waals surface area contributed by atoms with Crippen LogP contribution in [0.5, 0.6) is 0 Å². The minimum Gasteiger partial charge on any atom is -0.381 e. The second kappa shape index (κ2) is 5.31. The molecule has 0 spiro atoms. The van der Waals surface area contributed by atoms with Gasteiger partial charge in [0.15, 0.2) is 0 Å². The molecule has 1 saturated heterocycles. The van der Waals surface area contributed by atoms with Crippen molar-refractivity contribution in [2.75, 3.05) is 0 Å². The summed E-state index contributed by atoms with van der Waals surface area (Å²) in [4.78, 5) is 0. The lowest BCUT2D eigenvalue weighted by Gasteiger charge is -2.10. The maximum atomic E-state index is 12.8. The molecule has 1 heterocycles. The fraction of sp³-hybridized carbons (Fsp3) is 0.429. The van der Waals surface area contributed by atoms with E-state index in [0.717, 1.165) is 18.4 Å². The van der Waals surface area contributed by atoms with E-state index in [0.29, 0.717) is 0 Å². The van der Waals surface area contributed by atoms with E-state index in [1.807, 2.05) is 0 Å². The van der Waals surface area contributed by atoms with E-state index in [2.05, 4.69) is 11.8 Å². The van der Waals surface area contributed by atoms with Gasteiger partial charge in [0.05, 0.1) is 6.10 Å². The van der Waals surface area contributed by atoms with Gasteiger partial charge in [0, 0.05) is 0 Å². The minimum atomic E-state index is -0.622. The van der Waals surface area contributed by atoms with Gasteiger partial charge in [-0.1, -0.05) is 24.0 Å². The van der Waals surface area contributed by atoms with Crippen LogP contribution in [0.25, 0.3) is 0 Å². The molecule has 0 saturated carbocycles. The van der Waals surface area contributed by atoms with Gasteiger partial charge in [-0.15, -0.1) is 0 Å². The highest BCUT2D eigenvalue weighted by Crippen LogP contribution is 2.32. The standard InChI is InChI=1S/C14H15FO2/c1-10(16)2-7-13-8-9-14(17-13)11-3-5-12(15)6-4-11/h3-6,10,13-14,16H,8-9H2,1H3/t10-,13-,14+/m1/s1. The van der Waals surface area contributed by atoms with E-state index in [9.17, 15) is 4.39 Å². The van der Waals surface area contributed by atoms with Crippen molar-refractivity contribution in [1.29, 1.82) is 0 Å². The smallest absolute Gasteiger partial charge is 0.123 e. The SMILES string of the molecule is C[C@@H](O)C#C[C@@H]1CC[C@@H](c2ccc(F)cc2)O1. The second-order valence-corrected chi connectivity index (χ2v) is 4.21. The third-order valence-corrected chi connectivity index (χ3v) is 2.71. The van der Waals surface area contributed by atoms with Crippen LogP contribution in [0.15, 0.2) is 24.3 Å². The topological polar surface area (TPSA) is 29.5 Å². The molecule has 2 nitrogen and oxygen atoms in total. The molecule has 1 aliphatic rings. The van der Waals surface area contributed by atoms with Gasteiger partial charge in [0.25, 0.3) is 0 Å². The number of benzene rings is 1. The Kier molecular flexibility index (Phi) is 3.78. The largest absolute Gasteiger partial charge is 0.381 e. The highest BCUT2D eigenvalue weighted by atomic mass is 19.1. The molecule has 0 aliphatic carbocycles. The Hall–Kier alpha value is -1.37. The van der Waals surface area contributed by atoms with Crippen LogP contribution in [0.1, 0.15) is 31.4 Å². The fourth-order valence-corrected chi connectivity index (χ4v) is 1.88. The summed E-state index contributed by atoms with van der Waals surface area (Å²) in [5.74, 6) is 5.35. The van der Waals surface area contributed by atoms with E-state index in [1.54, 1.807) is 19.1 Å². The van der Waals surface area contributed by atoms with Crippen molar-refractivity contribution in [3.8, 4) is 11.8 Å². The molecule has 1 aromatic rings. The maximum absolute atomic E-state index is 12.8. The van der Waals surface area contributed by atoms with Crippen LogP contribution in [-0.4, -0.2) is 17.3 Å². The molecule has 0 aromatic heterocycles. The first-order valence-corrected chi connectivity index (χ1v) is 5.75. The van der Waals surface area contributed by atoms with Crippen molar-refractivity contribution in [2.24, 2.45) is 0 Å². The Morgan fingerprint density at radius 3 is 2.71 bits per heavy atom. The number of ether oxygens (including phenoxy) is 1. The van der Waals surface area contributed by atoms with Gasteiger partial charge in [-0.2, -0.15) is 0 Å². The van der Waals surface area contributed by atoms with Crippen molar-refractivity contribution >= 4 is 0 Å². The highest BCUT2D eigenvalue weighted by Gasteiger charge is 2.25. The van der Waals surface area contributed by atoms with Gasteiger partial charge >= 0.3 is 0 Å². The second-order valence-electron chi connectivity index (χ2n) is 4.21. The molecule has 1 aliphatic heterocycles. The van der Waals surface area contributed by atoms with Crippen LogP contribution in [0.3, 0.4) is 0 Å². The predicted octanol–water partition coefficient (Wildman–Crippen LogP) is 2.43. The van der Waals surface area contributed by atoms with Crippen LogP contribution >= 0.6 is 0 Å². The molecule has 90 valence electrons. The Morgan fingerprint density at radius 1 is 1.35 bits per heavy atom. The molecule has 17 heavy (non-hydrogen) atoms. The van der Waals surface area contributed by atoms with E-state index in [4.69, 9.17) is 9.84 Å². The van der Waals surface area contributed by atoms with Crippen molar-refractivity contribution in [1.82, 2.24) is 0 Å². The van der Waals surface area contributed by atoms with Crippen LogP contribution in [0, 0.1) is 17.7 Å². The lowest BCUT2D eigenvalue weighted by Crippen LogP contribution is -2.05. The molecule has 2 rings (SSSR count). The van der Waals surface area contributed by atoms with Crippen LogP contribution in [0.4, 0.5) is 4.39 Å². The summed E-state index contributed by atoms with van der Waals surface area (Å²) in [6.07, 6.45) is 0.971. The number of aliphatic hydroxyl groups excluding tert-OH is 1. The summed E-state index contributed by atoms with van der Waals surface area (Å²) in [6.45, 7) is 1.62. The molecule has 0 amide bonds. The fourth-order valence-electron chi connectivity index (χ4n) is 1.88. The van der Waals surface area contributed by atoms with Crippen LogP contribution in [0.2, 0.25) is 0 Å². The number of hydrogen-bond acceptors (Lipinski definition) is 2. The average Bonchev–Trinajstić information content (AvgIpc) is 2.76. The normalized spacial score (nSPS) is 25.1. The molecule has 0 bridgehead atoms. The number of aliphatic hydroxyl groups is 1. The van der Waals surface area contributed by atoms with Crippen molar-refractivity contribution in [3.63, 3.8) is 0 Å². The van der Waals surface area contributed by atoms with E-state index in [-0.39, 0.29) is 18.0 Å². The molecular weight excluding hydrogens is 219 g/mol. The Bertz CT molecular complexity index is 428. The summed E-state index contributed by atoms with van der Waals surface area (Å²) >= 11 is 0. The number of hydrogen-bond donors (Lipinski definition) is 1. The summed E-state index contributed by atoms with van der Waals surface area (Å²) in [7, 11) is 0. The van der Waals surface area contributed by atoms with E-state index in [1.165, 1.54) is 12.1 Å². The molecule has 0 radical (unpaired) electrons. The average molecular weight is 234 g/mol. The third-order valence-electron chi connectivity index (χ3n) is 2.71. The molecule has 1 aromatic carbocycles. The van der Waals surface area contributed by atoms with E-state index >= 15 is 0 Å². The summed E-state index contributed by atoms with van der Waals surface area (Å²) < 4.78 is 18.5. The van der Waals surface area contributed by atoms with Gasteiger partial charge in [-0.05, 0) is 37.5 Å². The van der Waals surface area contributed by atoms with Gasteiger partial charge < -0.3 is 9.84 Å². The molecule has 1 N–H and O–H groups in total. The van der Waals surface area contributed by atoms with Gasteiger partial charge in [0.2, 0.25) is 0 Å². The van der Waals surface area contributed by atoms with Gasteiger partial charge in [-0.3, -0.25) is 0 Å². The molecule has 0 unspecified atom stereocenters. The molecule has 3 heteroatoms.